The van der Waals surface area contributed by atoms with Gasteiger partial charge in [0.25, 0.3) is 0 Å². The van der Waals surface area contributed by atoms with Gasteiger partial charge in [0, 0.05) is 31.8 Å². The van der Waals surface area contributed by atoms with Crippen molar-refractivity contribution in [1.82, 2.24) is 20.6 Å². The molecule has 1 unspecified atom stereocenters. The number of H-pyrrole nitrogens is 1. The van der Waals surface area contributed by atoms with Gasteiger partial charge in [-0.05, 0) is 44.7 Å². The lowest BCUT2D eigenvalue weighted by molar-refractivity contribution is -0.121. The third kappa shape index (κ3) is 5.42. The van der Waals surface area contributed by atoms with E-state index in [1.807, 2.05) is 6.20 Å². The summed E-state index contributed by atoms with van der Waals surface area (Å²) >= 11 is 0. The summed E-state index contributed by atoms with van der Waals surface area (Å²) in [4.78, 5) is 18.9. The molecule has 0 aromatic carbocycles. The lowest BCUT2D eigenvalue weighted by Gasteiger charge is -2.22. The van der Waals surface area contributed by atoms with Crippen LogP contribution in [0.3, 0.4) is 0 Å². The van der Waals surface area contributed by atoms with E-state index in [-0.39, 0.29) is 5.91 Å². The van der Waals surface area contributed by atoms with Crippen LogP contribution in [0.1, 0.15) is 37.9 Å². The minimum absolute atomic E-state index is 0.185. The second kappa shape index (κ2) is 7.94. The number of carbonyl (C=O) groups is 1. The first kappa shape index (κ1) is 14.1. The number of nitrogens with one attached hydrogen (secondary N) is 3. The summed E-state index contributed by atoms with van der Waals surface area (Å²) in [6, 6.07) is 0. The zero-order chi connectivity index (χ0) is 13.3. The molecule has 1 saturated heterocycles. The SMILES string of the molecule is O=C(CCC1CCCNC1)NCCCc1ncc[nH]1. The number of amides is 1. The van der Waals surface area contributed by atoms with Crippen molar-refractivity contribution in [2.75, 3.05) is 19.6 Å². The van der Waals surface area contributed by atoms with E-state index in [4.69, 9.17) is 0 Å². The van der Waals surface area contributed by atoms with Gasteiger partial charge in [-0.1, -0.05) is 0 Å². The van der Waals surface area contributed by atoms with E-state index in [0.717, 1.165) is 44.7 Å². The van der Waals surface area contributed by atoms with E-state index in [0.29, 0.717) is 12.3 Å². The van der Waals surface area contributed by atoms with Crippen LogP contribution in [-0.4, -0.2) is 35.5 Å². The van der Waals surface area contributed by atoms with Crippen LogP contribution in [0.2, 0.25) is 0 Å². The number of nitrogens with zero attached hydrogens (tertiary/aromatic N) is 1. The number of aromatic amines is 1. The zero-order valence-electron chi connectivity index (χ0n) is 11.5. The van der Waals surface area contributed by atoms with Crippen LogP contribution in [-0.2, 0) is 11.2 Å². The predicted molar refractivity (Wildman–Crippen MR) is 74.7 cm³/mol. The monoisotopic (exact) mass is 264 g/mol. The summed E-state index contributed by atoms with van der Waals surface area (Å²) in [5, 5.41) is 6.37. The number of piperidine rings is 1. The Morgan fingerprint density at radius 1 is 1.53 bits per heavy atom. The Balaban J connectivity index is 1.49. The molecule has 106 valence electrons. The molecule has 0 radical (unpaired) electrons. The molecule has 0 bridgehead atoms. The van der Waals surface area contributed by atoms with Crippen molar-refractivity contribution >= 4 is 5.91 Å². The van der Waals surface area contributed by atoms with Crippen LogP contribution < -0.4 is 10.6 Å². The molecule has 1 atom stereocenters. The highest BCUT2D eigenvalue weighted by Gasteiger charge is 2.14. The van der Waals surface area contributed by atoms with Gasteiger partial charge in [-0.15, -0.1) is 0 Å². The quantitative estimate of drug-likeness (QED) is 0.649. The summed E-state index contributed by atoms with van der Waals surface area (Å²) in [7, 11) is 0. The molecular weight excluding hydrogens is 240 g/mol. The van der Waals surface area contributed by atoms with Gasteiger partial charge in [0.1, 0.15) is 5.82 Å². The van der Waals surface area contributed by atoms with Gasteiger partial charge in [0.15, 0.2) is 0 Å². The van der Waals surface area contributed by atoms with E-state index in [1.54, 1.807) is 6.20 Å². The largest absolute Gasteiger partial charge is 0.356 e. The summed E-state index contributed by atoms with van der Waals surface area (Å²) in [5.41, 5.74) is 0. The Kier molecular flexibility index (Phi) is 5.88. The Labute approximate surface area is 114 Å². The van der Waals surface area contributed by atoms with Crippen molar-refractivity contribution in [2.24, 2.45) is 5.92 Å². The summed E-state index contributed by atoms with van der Waals surface area (Å²) in [5.74, 6) is 1.86. The van der Waals surface area contributed by atoms with Crippen molar-refractivity contribution in [3.8, 4) is 0 Å². The molecule has 2 rings (SSSR count). The van der Waals surface area contributed by atoms with Gasteiger partial charge in [0.2, 0.25) is 5.91 Å². The molecule has 1 aliphatic rings. The molecule has 0 aliphatic carbocycles. The van der Waals surface area contributed by atoms with Gasteiger partial charge in [-0.3, -0.25) is 4.79 Å². The average Bonchev–Trinajstić information content (AvgIpc) is 2.96. The van der Waals surface area contributed by atoms with E-state index >= 15 is 0 Å². The summed E-state index contributed by atoms with van der Waals surface area (Å²) in [6.45, 7) is 2.95. The molecule has 1 aromatic heterocycles. The van der Waals surface area contributed by atoms with Crippen LogP contribution >= 0.6 is 0 Å². The first-order valence-corrected chi connectivity index (χ1v) is 7.30. The molecule has 2 heterocycles. The number of rotatable bonds is 7. The van der Waals surface area contributed by atoms with Crippen LogP contribution in [0, 0.1) is 5.92 Å². The first-order chi connectivity index (χ1) is 9.34. The van der Waals surface area contributed by atoms with Gasteiger partial charge < -0.3 is 15.6 Å². The van der Waals surface area contributed by atoms with Crippen LogP contribution in [0.5, 0.6) is 0 Å². The predicted octanol–water partition coefficient (Wildman–Crippen LogP) is 1.24. The molecular formula is C14H24N4O. The Hall–Kier alpha value is -1.36. The fourth-order valence-electron chi connectivity index (χ4n) is 2.51. The third-order valence-electron chi connectivity index (χ3n) is 3.65. The van der Waals surface area contributed by atoms with E-state index in [2.05, 4.69) is 20.6 Å². The van der Waals surface area contributed by atoms with Crippen molar-refractivity contribution in [3.05, 3.63) is 18.2 Å². The highest BCUT2D eigenvalue weighted by molar-refractivity contribution is 5.75. The lowest BCUT2D eigenvalue weighted by Crippen LogP contribution is -2.31. The van der Waals surface area contributed by atoms with Crippen molar-refractivity contribution in [3.63, 3.8) is 0 Å². The second-order valence-electron chi connectivity index (χ2n) is 5.24. The fraction of sp³-hybridized carbons (Fsp3) is 0.714. The maximum Gasteiger partial charge on any atom is 0.220 e. The molecule has 0 saturated carbocycles. The lowest BCUT2D eigenvalue weighted by atomic mass is 9.94. The maximum atomic E-state index is 11.7. The molecule has 5 nitrogen and oxygen atoms in total. The van der Waals surface area contributed by atoms with E-state index in [9.17, 15) is 4.79 Å². The van der Waals surface area contributed by atoms with Gasteiger partial charge in [-0.25, -0.2) is 4.98 Å². The molecule has 19 heavy (non-hydrogen) atoms. The minimum atomic E-state index is 0.185. The molecule has 1 fully saturated rings. The van der Waals surface area contributed by atoms with E-state index < -0.39 is 0 Å². The van der Waals surface area contributed by atoms with Crippen molar-refractivity contribution in [2.45, 2.75) is 38.5 Å². The van der Waals surface area contributed by atoms with Gasteiger partial charge in [-0.2, -0.15) is 0 Å². The number of aryl methyl sites for hydroxylation is 1. The molecule has 5 heteroatoms. The summed E-state index contributed by atoms with van der Waals surface area (Å²) in [6.07, 6.45) is 9.58. The highest BCUT2D eigenvalue weighted by atomic mass is 16.1. The third-order valence-corrected chi connectivity index (χ3v) is 3.65. The number of hydrogen-bond donors (Lipinski definition) is 3. The number of aromatic nitrogens is 2. The molecule has 3 N–H and O–H groups in total. The van der Waals surface area contributed by atoms with E-state index in [1.165, 1.54) is 12.8 Å². The van der Waals surface area contributed by atoms with Gasteiger partial charge >= 0.3 is 0 Å². The average molecular weight is 264 g/mol. The Bertz CT molecular complexity index is 358. The van der Waals surface area contributed by atoms with Crippen LogP contribution in [0.25, 0.3) is 0 Å². The number of hydrogen-bond acceptors (Lipinski definition) is 3. The number of carbonyl (C=O) groups excluding carboxylic acids is 1. The van der Waals surface area contributed by atoms with Crippen molar-refractivity contribution in [1.29, 1.82) is 0 Å². The fourth-order valence-corrected chi connectivity index (χ4v) is 2.51. The Morgan fingerprint density at radius 2 is 2.47 bits per heavy atom. The number of imidazole rings is 1. The van der Waals surface area contributed by atoms with Gasteiger partial charge in [0.05, 0.1) is 0 Å². The molecule has 0 spiro atoms. The first-order valence-electron chi connectivity index (χ1n) is 7.30. The van der Waals surface area contributed by atoms with Crippen LogP contribution in [0.4, 0.5) is 0 Å². The minimum Gasteiger partial charge on any atom is -0.356 e. The highest BCUT2D eigenvalue weighted by Crippen LogP contribution is 2.15. The molecule has 1 aromatic rings. The zero-order valence-corrected chi connectivity index (χ0v) is 11.5. The molecule has 1 amide bonds. The summed E-state index contributed by atoms with van der Waals surface area (Å²) < 4.78 is 0. The maximum absolute atomic E-state index is 11.7. The Morgan fingerprint density at radius 3 is 3.21 bits per heavy atom. The normalized spacial score (nSPS) is 19.3. The topological polar surface area (TPSA) is 69.8 Å². The smallest absolute Gasteiger partial charge is 0.220 e. The second-order valence-corrected chi connectivity index (χ2v) is 5.24. The molecule has 1 aliphatic heterocycles. The van der Waals surface area contributed by atoms with Crippen LogP contribution in [0.15, 0.2) is 12.4 Å². The van der Waals surface area contributed by atoms with Crippen molar-refractivity contribution < 1.29 is 4.79 Å². The standard InChI is InChI=1S/C14H24N4O/c19-14(6-5-12-3-1-7-15-11-12)18-8-2-4-13-16-9-10-17-13/h9-10,12,15H,1-8,11H2,(H,16,17)(H,18,19).